The zero-order valence-corrected chi connectivity index (χ0v) is 15.2. The Morgan fingerprint density at radius 2 is 2.00 bits per heavy atom. The van der Waals surface area contributed by atoms with E-state index in [0.29, 0.717) is 29.1 Å². The molecule has 0 aromatic heterocycles. The molecular formula is C21H20ClNO3. The summed E-state index contributed by atoms with van der Waals surface area (Å²) in [6, 6.07) is 12.2. The first-order chi connectivity index (χ1) is 12.4. The lowest BCUT2D eigenvalue weighted by atomic mass is 9.92. The molecule has 2 N–H and O–H groups in total. The fourth-order valence-corrected chi connectivity index (χ4v) is 3.59. The molecule has 1 fully saturated rings. The Balaban J connectivity index is 1.89. The highest BCUT2D eigenvalue weighted by Crippen LogP contribution is 2.55. The van der Waals surface area contributed by atoms with Gasteiger partial charge < -0.3 is 10.4 Å². The summed E-state index contributed by atoms with van der Waals surface area (Å²) in [6.45, 7) is 5.72. The van der Waals surface area contributed by atoms with Gasteiger partial charge >= 0.3 is 5.97 Å². The number of aromatic carboxylic acids is 1. The molecule has 0 saturated heterocycles. The Kier molecular flexibility index (Phi) is 4.88. The number of aryl methyl sites for hydroxylation is 1. The quantitative estimate of drug-likeness (QED) is 0.726. The third-order valence-electron chi connectivity index (χ3n) is 5.04. The largest absolute Gasteiger partial charge is 0.478 e. The maximum absolute atomic E-state index is 13.1. The van der Waals surface area contributed by atoms with Crippen LogP contribution in [0, 0.1) is 5.92 Å². The molecule has 134 valence electrons. The molecule has 1 aliphatic rings. The van der Waals surface area contributed by atoms with Crippen molar-refractivity contribution in [3.63, 3.8) is 0 Å². The number of anilines is 1. The number of benzene rings is 2. The summed E-state index contributed by atoms with van der Waals surface area (Å²) >= 11 is 5.97. The molecule has 2 aromatic carbocycles. The number of carboxylic acids is 1. The second-order valence-corrected chi connectivity index (χ2v) is 6.95. The van der Waals surface area contributed by atoms with Gasteiger partial charge in [0.1, 0.15) is 0 Å². The molecule has 1 aliphatic carbocycles. The van der Waals surface area contributed by atoms with Gasteiger partial charge in [-0.05, 0) is 60.2 Å². The van der Waals surface area contributed by atoms with Gasteiger partial charge in [-0.15, -0.1) is 6.58 Å². The lowest BCUT2D eigenvalue weighted by Gasteiger charge is -2.18. The van der Waals surface area contributed by atoms with Gasteiger partial charge in [-0.2, -0.15) is 0 Å². The third kappa shape index (κ3) is 3.13. The van der Waals surface area contributed by atoms with E-state index in [-0.39, 0.29) is 17.4 Å². The number of hydrogen-bond donors (Lipinski definition) is 2. The van der Waals surface area contributed by atoms with Gasteiger partial charge in [0.25, 0.3) is 0 Å². The van der Waals surface area contributed by atoms with Gasteiger partial charge in [0, 0.05) is 10.7 Å². The second kappa shape index (κ2) is 6.96. The summed E-state index contributed by atoms with van der Waals surface area (Å²) in [4.78, 5) is 24.3. The van der Waals surface area contributed by atoms with Crippen LogP contribution in [0.3, 0.4) is 0 Å². The first-order valence-electron chi connectivity index (χ1n) is 8.48. The van der Waals surface area contributed by atoms with Gasteiger partial charge in [0.05, 0.1) is 11.0 Å². The molecule has 5 heteroatoms. The Hall–Kier alpha value is -2.59. The lowest BCUT2D eigenvalue weighted by molar-refractivity contribution is -0.118. The summed E-state index contributed by atoms with van der Waals surface area (Å²) < 4.78 is 0. The summed E-state index contributed by atoms with van der Waals surface area (Å²) in [7, 11) is 0. The van der Waals surface area contributed by atoms with Crippen molar-refractivity contribution < 1.29 is 14.7 Å². The van der Waals surface area contributed by atoms with E-state index in [1.165, 1.54) is 6.07 Å². The molecular weight excluding hydrogens is 350 g/mol. The SMILES string of the molecule is C=CC1CC1(C(=O)Nc1ccc(C(=O)O)c(CC)c1)c1ccc(Cl)cc1. The van der Waals surface area contributed by atoms with E-state index >= 15 is 0 Å². The summed E-state index contributed by atoms with van der Waals surface area (Å²) in [5.74, 6) is -1.02. The minimum Gasteiger partial charge on any atom is -0.478 e. The predicted molar refractivity (Wildman–Crippen MR) is 103 cm³/mol. The normalized spacial score (nSPS) is 21.1. The van der Waals surface area contributed by atoms with Crippen LogP contribution in [0.4, 0.5) is 5.69 Å². The molecule has 4 nitrogen and oxygen atoms in total. The number of halogens is 1. The van der Waals surface area contributed by atoms with Gasteiger partial charge in [0.2, 0.25) is 5.91 Å². The number of nitrogens with one attached hydrogen (secondary N) is 1. The summed E-state index contributed by atoms with van der Waals surface area (Å²) in [5.41, 5.74) is 1.80. The second-order valence-electron chi connectivity index (χ2n) is 6.51. The molecule has 0 heterocycles. The molecule has 2 unspecified atom stereocenters. The minimum atomic E-state index is -0.966. The maximum Gasteiger partial charge on any atom is 0.335 e. The van der Waals surface area contributed by atoms with Crippen LogP contribution in [0.2, 0.25) is 5.02 Å². The van der Waals surface area contributed by atoms with Gasteiger partial charge in [-0.1, -0.05) is 36.7 Å². The topological polar surface area (TPSA) is 66.4 Å². The molecule has 3 rings (SSSR count). The zero-order valence-electron chi connectivity index (χ0n) is 14.5. The number of amides is 1. The molecule has 26 heavy (non-hydrogen) atoms. The summed E-state index contributed by atoms with van der Waals surface area (Å²) in [6.07, 6.45) is 3.07. The molecule has 1 saturated carbocycles. The van der Waals surface area contributed by atoms with Crippen molar-refractivity contribution in [1.29, 1.82) is 0 Å². The van der Waals surface area contributed by atoms with E-state index in [2.05, 4.69) is 11.9 Å². The van der Waals surface area contributed by atoms with Crippen LogP contribution < -0.4 is 5.32 Å². The average Bonchev–Trinajstić information content (AvgIpc) is 3.38. The number of carbonyl (C=O) groups excluding carboxylic acids is 1. The van der Waals surface area contributed by atoms with Gasteiger partial charge in [-0.25, -0.2) is 4.79 Å². The van der Waals surface area contributed by atoms with Crippen LogP contribution in [0.5, 0.6) is 0 Å². The Morgan fingerprint density at radius 3 is 2.54 bits per heavy atom. The Labute approximate surface area is 157 Å². The Morgan fingerprint density at radius 1 is 1.31 bits per heavy atom. The fourth-order valence-electron chi connectivity index (χ4n) is 3.46. The van der Waals surface area contributed by atoms with Crippen molar-refractivity contribution in [1.82, 2.24) is 0 Å². The highest BCUT2D eigenvalue weighted by molar-refractivity contribution is 6.30. The smallest absolute Gasteiger partial charge is 0.335 e. The van der Waals surface area contributed by atoms with Crippen LogP contribution in [-0.2, 0) is 16.6 Å². The van der Waals surface area contributed by atoms with Crippen LogP contribution in [-0.4, -0.2) is 17.0 Å². The van der Waals surface area contributed by atoms with Crippen molar-refractivity contribution in [3.05, 3.63) is 76.8 Å². The van der Waals surface area contributed by atoms with Crippen molar-refractivity contribution in [2.45, 2.75) is 25.2 Å². The third-order valence-corrected chi connectivity index (χ3v) is 5.29. The van der Waals surface area contributed by atoms with Crippen molar-refractivity contribution in [2.24, 2.45) is 5.92 Å². The molecule has 0 radical (unpaired) electrons. The van der Waals surface area contributed by atoms with Crippen molar-refractivity contribution >= 4 is 29.2 Å². The number of carbonyl (C=O) groups is 2. The van der Waals surface area contributed by atoms with Crippen molar-refractivity contribution in [3.8, 4) is 0 Å². The van der Waals surface area contributed by atoms with E-state index < -0.39 is 11.4 Å². The summed E-state index contributed by atoms with van der Waals surface area (Å²) in [5, 5.41) is 12.8. The molecule has 1 amide bonds. The van der Waals surface area contributed by atoms with Crippen LogP contribution >= 0.6 is 11.6 Å². The minimum absolute atomic E-state index is 0.0626. The van der Waals surface area contributed by atoms with E-state index in [1.54, 1.807) is 30.3 Å². The first kappa shape index (κ1) is 18.2. The monoisotopic (exact) mass is 369 g/mol. The van der Waals surface area contributed by atoms with E-state index in [0.717, 1.165) is 5.56 Å². The van der Waals surface area contributed by atoms with Gasteiger partial charge in [0.15, 0.2) is 0 Å². The fraction of sp³-hybridized carbons (Fsp3) is 0.238. The standard InChI is InChI=1S/C21H20ClNO3/c1-3-13-11-17(9-10-18(13)19(24)25)23-20(26)21(12-14(21)4-2)15-5-7-16(22)8-6-15/h4-11,14H,2-3,12H2,1H3,(H,23,26)(H,24,25). The van der Waals surface area contributed by atoms with Gasteiger partial charge in [-0.3, -0.25) is 4.79 Å². The van der Waals surface area contributed by atoms with Crippen LogP contribution in [0.15, 0.2) is 55.1 Å². The first-order valence-corrected chi connectivity index (χ1v) is 8.86. The average molecular weight is 370 g/mol. The number of allylic oxidation sites excluding steroid dienone is 1. The molecule has 2 atom stereocenters. The lowest BCUT2D eigenvalue weighted by Crippen LogP contribution is -2.29. The molecule has 0 aliphatic heterocycles. The molecule has 0 bridgehead atoms. The van der Waals surface area contributed by atoms with Crippen LogP contribution in [0.25, 0.3) is 0 Å². The van der Waals surface area contributed by atoms with E-state index in [1.807, 2.05) is 19.1 Å². The van der Waals surface area contributed by atoms with E-state index in [9.17, 15) is 14.7 Å². The number of rotatable bonds is 6. The molecule has 2 aromatic rings. The van der Waals surface area contributed by atoms with Crippen LogP contribution in [0.1, 0.15) is 34.8 Å². The zero-order chi connectivity index (χ0) is 18.9. The maximum atomic E-state index is 13.1. The Bertz CT molecular complexity index is 875. The molecule has 0 spiro atoms. The number of hydrogen-bond acceptors (Lipinski definition) is 2. The number of carboxylic acid groups (broad SMARTS) is 1. The highest BCUT2D eigenvalue weighted by atomic mass is 35.5. The predicted octanol–water partition coefficient (Wildman–Crippen LogP) is 4.68. The highest BCUT2D eigenvalue weighted by Gasteiger charge is 2.59. The van der Waals surface area contributed by atoms with E-state index in [4.69, 9.17) is 11.6 Å². The van der Waals surface area contributed by atoms with Crippen molar-refractivity contribution in [2.75, 3.05) is 5.32 Å².